The molecule has 0 saturated carbocycles. The third-order valence-electron chi connectivity index (χ3n) is 7.51. The molecule has 7 heteroatoms. The lowest BCUT2D eigenvalue weighted by atomic mass is 9.95. The summed E-state index contributed by atoms with van der Waals surface area (Å²) >= 11 is 0. The molecule has 38 heavy (non-hydrogen) atoms. The molecular formula is C31H28N4O3. The second-order valence-corrected chi connectivity index (χ2v) is 9.90. The number of fused-ring (bicyclic) bond motifs is 2. The van der Waals surface area contributed by atoms with Gasteiger partial charge in [0, 0.05) is 32.0 Å². The van der Waals surface area contributed by atoms with Crippen LogP contribution in [0.1, 0.15) is 44.7 Å². The first kappa shape index (κ1) is 23.9. The van der Waals surface area contributed by atoms with E-state index in [4.69, 9.17) is 0 Å². The van der Waals surface area contributed by atoms with Crippen molar-refractivity contribution in [2.24, 2.45) is 5.92 Å². The zero-order chi connectivity index (χ0) is 26.1. The van der Waals surface area contributed by atoms with E-state index in [9.17, 15) is 14.4 Å². The molecule has 0 aliphatic carbocycles. The highest BCUT2D eigenvalue weighted by molar-refractivity contribution is 6.23. The number of pyridine rings is 1. The maximum Gasteiger partial charge on any atom is 0.263 e. The average molecular weight is 505 g/mol. The third kappa shape index (κ3) is 4.41. The maximum absolute atomic E-state index is 13.4. The van der Waals surface area contributed by atoms with Crippen LogP contribution in [-0.4, -0.2) is 40.7 Å². The van der Waals surface area contributed by atoms with Crippen molar-refractivity contribution in [3.8, 4) is 0 Å². The van der Waals surface area contributed by atoms with Crippen LogP contribution in [0.3, 0.4) is 0 Å². The number of aromatic nitrogens is 1. The van der Waals surface area contributed by atoms with Crippen molar-refractivity contribution in [3.05, 3.63) is 107 Å². The first-order valence-corrected chi connectivity index (χ1v) is 13.0. The standard InChI is InChI=1S/C31H28N4O3/c36-29(33-18-23-10-3-9-22-8-1-2-12-25(22)23)24-11-6-16-34(20-24)27-14-4-13-26-28(27)31(38)35(30(26)37)19-21-7-5-15-32-17-21/h1-5,7-10,12-15,17,24H,6,11,16,18-20H2,(H,33,36). The summed E-state index contributed by atoms with van der Waals surface area (Å²) in [5, 5.41) is 5.42. The average Bonchev–Trinajstić information content (AvgIpc) is 3.21. The number of hydrogen-bond donors (Lipinski definition) is 1. The molecule has 6 rings (SSSR count). The number of nitrogens with zero attached hydrogens (tertiary/aromatic N) is 3. The van der Waals surface area contributed by atoms with Crippen molar-refractivity contribution in [1.82, 2.24) is 15.2 Å². The van der Waals surface area contributed by atoms with Gasteiger partial charge < -0.3 is 10.2 Å². The lowest BCUT2D eigenvalue weighted by molar-refractivity contribution is -0.125. The Morgan fingerprint density at radius 2 is 1.79 bits per heavy atom. The highest BCUT2D eigenvalue weighted by Crippen LogP contribution is 2.34. The zero-order valence-electron chi connectivity index (χ0n) is 21.0. The van der Waals surface area contributed by atoms with Gasteiger partial charge in [0.15, 0.2) is 0 Å². The van der Waals surface area contributed by atoms with Crippen LogP contribution in [0.2, 0.25) is 0 Å². The number of hydrogen-bond acceptors (Lipinski definition) is 5. The quantitative estimate of drug-likeness (QED) is 0.389. The van der Waals surface area contributed by atoms with Gasteiger partial charge in [-0.1, -0.05) is 54.6 Å². The normalized spacial score (nSPS) is 17.1. The second-order valence-electron chi connectivity index (χ2n) is 9.90. The first-order valence-electron chi connectivity index (χ1n) is 13.0. The van der Waals surface area contributed by atoms with Gasteiger partial charge in [0.25, 0.3) is 11.8 Å². The van der Waals surface area contributed by atoms with E-state index in [1.807, 2.05) is 42.5 Å². The van der Waals surface area contributed by atoms with E-state index in [1.54, 1.807) is 24.5 Å². The maximum atomic E-state index is 13.4. The van der Waals surface area contributed by atoms with E-state index < -0.39 is 0 Å². The fraction of sp³-hybridized carbons (Fsp3) is 0.226. The molecule has 1 fully saturated rings. The van der Waals surface area contributed by atoms with E-state index in [0.29, 0.717) is 24.2 Å². The summed E-state index contributed by atoms with van der Waals surface area (Å²) in [6.45, 7) is 1.88. The van der Waals surface area contributed by atoms with Gasteiger partial charge in [-0.05, 0) is 52.9 Å². The van der Waals surface area contributed by atoms with Crippen molar-refractivity contribution in [1.29, 1.82) is 0 Å². The number of anilines is 1. The van der Waals surface area contributed by atoms with Crippen LogP contribution in [0.5, 0.6) is 0 Å². The van der Waals surface area contributed by atoms with Gasteiger partial charge in [0.2, 0.25) is 5.91 Å². The SMILES string of the molecule is O=C(NCc1cccc2ccccc12)C1CCCN(c2cccc3c2C(=O)N(Cc2cccnc2)C3=O)C1. The van der Waals surface area contributed by atoms with Crippen LogP contribution in [0, 0.1) is 5.92 Å². The van der Waals surface area contributed by atoms with Crippen LogP contribution < -0.4 is 10.2 Å². The Morgan fingerprint density at radius 3 is 2.66 bits per heavy atom. The summed E-state index contributed by atoms with van der Waals surface area (Å²) < 4.78 is 0. The molecule has 0 bridgehead atoms. The largest absolute Gasteiger partial charge is 0.370 e. The molecule has 1 aromatic heterocycles. The molecular weight excluding hydrogens is 476 g/mol. The first-order chi connectivity index (χ1) is 18.6. The minimum absolute atomic E-state index is 0.0100. The van der Waals surface area contributed by atoms with Gasteiger partial charge in [0.1, 0.15) is 0 Å². The van der Waals surface area contributed by atoms with Gasteiger partial charge in [-0.15, -0.1) is 0 Å². The lowest BCUT2D eigenvalue weighted by Crippen LogP contribution is -2.43. The Hall–Kier alpha value is -4.52. The van der Waals surface area contributed by atoms with Gasteiger partial charge in [0.05, 0.1) is 29.3 Å². The molecule has 1 saturated heterocycles. The summed E-state index contributed by atoms with van der Waals surface area (Å²) in [6.07, 6.45) is 4.94. The fourth-order valence-electron chi connectivity index (χ4n) is 5.58. The number of carbonyl (C=O) groups excluding carboxylic acids is 3. The van der Waals surface area contributed by atoms with E-state index >= 15 is 0 Å². The molecule has 1 atom stereocenters. The fourth-order valence-corrected chi connectivity index (χ4v) is 5.58. The minimum atomic E-state index is -0.299. The highest BCUT2D eigenvalue weighted by Gasteiger charge is 2.39. The van der Waals surface area contributed by atoms with E-state index in [1.165, 1.54) is 4.90 Å². The van der Waals surface area contributed by atoms with E-state index in [-0.39, 0.29) is 30.2 Å². The van der Waals surface area contributed by atoms with Gasteiger partial charge in [-0.3, -0.25) is 24.3 Å². The van der Waals surface area contributed by atoms with Crippen LogP contribution in [-0.2, 0) is 17.9 Å². The Labute approximate surface area is 221 Å². The topological polar surface area (TPSA) is 82.6 Å². The molecule has 3 heterocycles. The predicted molar refractivity (Wildman–Crippen MR) is 146 cm³/mol. The van der Waals surface area contributed by atoms with Gasteiger partial charge in [-0.25, -0.2) is 0 Å². The third-order valence-corrected chi connectivity index (χ3v) is 7.51. The molecule has 1 N–H and O–H groups in total. The summed E-state index contributed by atoms with van der Waals surface area (Å²) in [6, 6.07) is 23.3. The highest BCUT2D eigenvalue weighted by atomic mass is 16.2. The molecule has 0 radical (unpaired) electrons. The molecule has 190 valence electrons. The van der Waals surface area contributed by atoms with E-state index in [2.05, 4.69) is 33.4 Å². The molecule has 0 spiro atoms. The zero-order valence-corrected chi connectivity index (χ0v) is 21.0. The lowest BCUT2D eigenvalue weighted by Gasteiger charge is -2.34. The number of benzene rings is 3. The van der Waals surface area contributed by atoms with Crippen molar-refractivity contribution >= 4 is 34.2 Å². The summed E-state index contributed by atoms with van der Waals surface area (Å²) in [5.74, 6) is -0.784. The smallest absolute Gasteiger partial charge is 0.263 e. The number of imide groups is 1. The van der Waals surface area contributed by atoms with Crippen molar-refractivity contribution in [2.75, 3.05) is 18.0 Å². The Balaban J connectivity index is 1.18. The Morgan fingerprint density at radius 1 is 0.947 bits per heavy atom. The van der Waals surface area contributed by atoms with Crippen molar-refractivity contribution in [3.63, 3.8) is 0 Å². The Kier molecular flexibility index (Phi) is 6.33. The van der Waals surface area contributed by atoms with Crippen molar-refractivity contribution in [2.45, 2.75) is 25.9 Å². The molecule has 2 aliphatic heterocycles. The molecule has 2 aliphatic rings. The number of rotatable bonds is 6. The molecule has 3 aromatic carbocycles. The number of piperidine rings is 1. The summed E-state index contributed by atoms with van der Waals surface area (Å²) in [4.78, 5) is 47.3. The van der Waals surface area contributed by atoms with Gasteiger partial charge in [-0.2, -0.15) is 0 Å². The Bertz CT molecular complexity index is 1530. The van der Waals surface area contributed by atoms with Crippen LogP contribution in [0.25, 0.3) is 10.8 Å². The molecule has 4 aromatic rings. The molecule has 7 nitrogen and oxygen atoms in total. The van der Waals surface area contributed by atoms with E-state index in [0.717, 1.165) is 47.0 Å². The predicted octanol–water partition coefficient (Wildman–Crippen LogP) is 4.56. The summed E-state index contributed by atoms with van der Waals surface area (Å²) in [7, 11) is 0. The monoisotopic (exact) mass is 504 g/mol. The van der Waals surface area contributed by atoms with Crippen LogP contribution >= 0.6 is 0 Å². The molecule has 3 amide bonds. The molecule has 1 unspecified atom stereocenters. The number of amides is 3. The van der Waals surface area contributed by atoms with Gasteiger partial charge >= 0.3 is 0 Å². The second kappa shape index (κ2) is 10.1. The number of nitrogens with one attached hydrogen (secondary N) is 1. The van der Waals surface area contributed by atoms with Crippen LogP contribution in [0.4, 0.5) is 5.69 Å². The number of carbonyl (C=O) groups is 3. The van der Waals surface area contributed by atoms with Crippen molar-refractivity contribution < 1.29 is 14.4 Å². The summed E-state index contributed by atoms with van der Waals surface area (Å²) in [5.41, 5.74) is 3.45. The minimum Gasteiger partial charge on any atom is -0.370 e. The van der Waals surface area contributed by atoms with Crippen LogP contribution in [0.15, 0.2) is 85.2 Å².